The van der Waals surface area contributed by atoms with Crippen LogP contribution in [-0.4, -0.2) is 57.2 Å². The first-order valence-electron chi connectivity index (χ1n) is 14.3. The Morgan fingerprint density at radius 1 is 0.860 bits per heavy atom. The summed E-state index contributed by atoms with van der Waals surface area (Å²) in [4.78, 5) is 47.5. The van der Waals surface area contributed by atoms with E-state index in [1.54, 1.807) is 44.2 Å². The standard InChI is InChI=1S/C34H42O9/c1-6-26-23-25(12-18-30(26)41-21-10-22-43-33(38)34(3,4)24-32(37)39-5)11-17-29(35)27-13-15-28(16-14-27)40-19-8-9-20-42-31(36)7-2/h7,11-18,23H,2,6,8-10,19-22,24H2,1,3-5H3/b17-11+. The molecule has 0 aliphatic carbocycles. The molecule has 9 heteroatoms. The van der Waals surface area contributed by atoms with Gasteiger partial charge in [-0.15, -0.1) is 0 Å². The number of aryl methyl sites for hydroxylation is 1. The smallest absolute Gasteiger partial charge is 0.330 e. The van der Waals surface area contributed by atoms with Crippen LogP contribution in [0.5, 0.6) is 11.5 Å². The van der Waals surface area contributed by atoms with Crippen molar-refractivity contribution in [2.45, 2.75) is 52.9 Å². The molecule has 0 spiro atoms. The Hall–Kier alpha value is -4.40. The first kappa shape index (κ1) is 34.8. The topological polar surface area (TPSA) is 114 Å². The predicted octanol–water partition coefficient (Wildman–Crippen LogP) is 5.93. The number of ketones is 1. The maximum Gasteiger partial charge on any atom is 0.330 e. The SMILES string of the molecule is C=CC(=O)OCCCCOc1ccc(C(=O)/C=C/c2ccc(OCCCOC(=O)C(C)(C)CC(=O)OC)c(CC)c2)cc1. The lowest BCUT2D eigenvalue weighted by Gasteiger charge is -2.21. The van der Waals surface area contributed by atoms with Crippen LogP contribution in [0.2, 0.25) is 0 Å². The van der Waals surface area contributed by atoms with Crippen LogP contribution in [0, 0.1) is 5.41 Å². The van der Waals surface area contributed by atoms with E-state index in [0.717, 1.165) is 35.8 Å². The molecular weight excluding hydrogens is 552 g/mol. The molecule has 0 heterocycles. The van der Waals surface area contributed by atoms with Gasteiger partial charge < -0.3 is 23.7 Å². The highest BCUT2D eigenvalue weighted by Crippen LogP contribution is 2.24. The van der Waals surface area contributed by atoms with Crippen molar-refractivity contribution >= 4 is 29.8 Å². The van der Waals surface area contributed by atoms with Gasteiger partial charge in [-0.25, -0.2) is 4.79 Å². The number of carbonyl (C=O) groups excluding carboxylic acids is 4. The number of carbonyl (C=O) groups is 4. The van der Waals surface area contributed by atoms with E-state index >= 15 is 0 Å². The van der Waals surface area contributed by atoms with Gasteiger partial charge in [0.05, 0.1) is 45.4 Å². The lowest BCUT2D eigenvalue weighted by molar-refractivity contribution is -0.160. The van der Waals surface area contributed by atoms with Crippen molar-refractivity contribution in [1.82, 2.24) is 0 Å². The minimum Gasteiger partial charge on any atom is -0.494 e. The Morgan fingerprint density at radius 3 is 2.21 bits per heavy atom. The lowest BCUT2D eigenvalue weighted by Crippen LogP contribution is -2.30. The molecule has 0 aliphatic heterocycles. The third-order valence-corrected chi connectivity index (χ3v) is 6.40. The molecule has 0 bridgehead atoms. The quantitative estimate of drug-likeness (QED) is 0.0641. The lowest BCUT2D eigenvalue weighted by atomic mass is 9.89. The maximum atomic E-state index is 12.7. The van der Waals surface area contributed by atoms with Crippen LogP contribution in [-0.2, 0) is 35.0 Å². The fourth-order valence-corrected chi connectivity index (χ4v) is 3.84. The van der Waals surface area contributed by atoms with Gasteiger partial charge in [0.1, 0.15) is 11.5 Å². The number of esters is 3. The van der Waals surface area contributed by atoms with Crippen LogP contribution in [0.25, 0.3) is 6.08 Å². The fourth-order valence-electron chi connectivity index (χ4n) is 3.84. The molecule has 0 atom stereocenters. The van der Waals surface area contributed by atoms with Gasteiger partial charge in [-0.1, -0.05) is 25.6 Å². The molecule has 9 nitrogen and oxygen atoms in total. The van der Waals surface area contributed by atoms with Crippen LogP contribution in [0.3, 0.4) is 0 Å². The Balaban J connectivity index is 1.79. The predicted molar refractivity (Wildman–Crippen MR) is 163 cm³/mol. The minimum atomic E-state index is -0.960. The first-order valence-corrected chi connectivity index (χ1v) is 14.3. The van der Waals surface area contributed by atoms with E-state index in [0.29, 0.717) is 44.0 Å². The van der Waals surface area contributed by atoms with Gasteiger partial charge >= 0.3 is 17.9 Å². The summed E-state index contributed by atoms with van der Waals surface area (Å²) in [6.07, 6.45) is 7.04. The zero-order valence-corrected chi connectivity index (χ0v) is 25.5. The number of methoxy groups -OCH3 is 1. The van der Waals surface area contributed by atoms with Crippen molar-refractivity contribution in [3.63, 3.8) is 0 Å². The molecule has 0 radical (unpaired) electrons. The van der Waals surface area contributed by atoms with Gasteiger partial charge in [0, 0.05) is 18.1 Å². The summed E-state index contributed by atoms with van der Waals surface area (Å²) >= 11 is 0. The third kappa shape index (κ3) is 12.6. The summed E-state index contributed by atoms with van der Waals surface area (Å²) in [6, 6.07) is 12.7. The van der Waals surface area contributed by atoms with Crippen molar-refractivity contribution in [2.24, 2.45) is 5.41 Å². The molecular formula is C34H42O9. The highest BCUT2D eigenvalue weighted by molar-refractivity contribution is 6.06. The summed E-state index contributed by atoms with van der Waals surface area (Å²) in [5, 5.41) is 0. The van der Waals surface area contributed by atoms with Crippen LogP contribution in [0.4, 0.5) is 0 Å². The van der Waals surface area contributed by atoms with Crippen LogP contribution < -0.4 is 9.47 Å². The van der Waals surface area contributed by atoms with Gasteiger partial charge in [0.15, 0.2) is 5.78 Å². The Kier molecular flexibility index (Phi) is 14.7. The number of benzene rings is 2. The Morgan fingerprint density at radius 2 is 1.53 bits per heavy atom. The number of hydrogen-bond donors (Lipinski definition) is 0. The van der Waals surface area contributed by atoms with Crippen LogP contribution >= 0.6 is 0 Å². The monoisotopic (exact) mass is 594 g/mol. The largest absolute Gasteiger partial charge is 0.494 e. The summed E-state index contributed by atoms with van der Waals surface area (Å²) in [5.74, 6) is -0.0888. The van der Waals surface area contributed by atoms with Crippen molar-refractivity contribution in [1.29, 1.82) is 0 Å². The normalized spacial score (nSPS) is 11.1. The minimum absolute atomic E-state index is 0.0490. The second-order valence-corrected chi connectivity index (χ2v) is 10.3. The molecule has 2 rings (SSSR count). The number of rotatable bonds is 19. The Labute approximate surface area is 253 Å². The van der Waals surface area contributed by atoms with Crippen molar-refractivity contribution in [2.75, 3.05) is 33.5 Å². The van der Waals surface area contributed by atoms with Crippen molar-refractivity contribution in [3.05, 3.63) is 77.9 Å². The molecule has 2 aromatic rings. The molecule has 0 aromatic heterocycles. The van der Waals surface area contributed by atoms with Crippen molar-refractivity contribution in [3.8, 4) is 11.5 Å². The van der Waals surface area contributed by atoms with Crippen LogP contribution in [0.15, 0.2) is 61.2 Å². The summed E-state index contributed by atoms with van der Waals surface area (Å²) in [6.45, 7) is 9.99. The molecule has 232 valence electrons. The number of unbranched alkanes of at least 4 members (excludes halogenated alkanes) is 1. The zero-order valence-electron chi connectivity index (χ0n) is 25.5. The van der Waals surface area contributed by atoms with E-state index in [1.807, 2.05) is 25.1 Å². The highest BCUT2D eigenvalue weighted by Gasteiger charge is 2.32. The van der Waals surface area contributed by atoms with E-state index in [1.165, 1.54) is 13.2 Å². The number of allylic oxidation sites excluding steroid dienone is 1. The van der Waals surface area contributed by atoms with E-state index in [9.17, 15) is 19.2 Å². The van der Waals surface area contributed by atoms with Gasteiger partial charge in [-0.3, -0.25) is 14.4 Å². The van der Waals surface area contributed by atoms with Gasteiger partial charge in [0.25, 0.3) is 0 Å². The number of hydrogen-bond acceptors (Lipinski definition) is 9. The van der Waals surface area contributed by atoms with Gasteiger partial charge in [-0.05, 0) is 86.7 Å². The summed E-state index contributed by atoms with van der Waals surface area (Å²) in [7, 11) is 1.28. The molecule has 0 saturated carbocycles. The second-order valence-electron chi connectivity index (χ2n) is 10.3. The molecule has 0 saturated heterocycles. The molecule has 0 fully saturated rings. The second kappa shape index (κ2) is 18.2. The molecule has 2 aromatic carbocycles. The molecule has 43 heavy (non-hydrogen) atoms. The van der Waals surface area contributed by atoms with Crippen molar-refractivity contribution < 1.29 is 42.9 Å². The first-order chi connectivity index (χ1) is 20.6. The summed E-state index contributed by atoms with van der Waals surface area (Å²) in [5.41, 5.74) is 1.45. The fraction of sp³-hybridized carbons (Fsp3) is 0.412. The third-order valence-electron chi connectivity index (χ3n) is 6.40. The zero-order chi connectivity index (χ0) is 31.7. The molecule has 0 N–H and O–H groups in total. The number of ether oxygens (including phenoxy) is 5. The maximum absolute atomic E-state index is 12.7. The molecule has 0 amide bonds. The van der Waals surface area contributed by atoms with Gasteiger partial charge in [0.2, 0.25) is 0 Å². The van der Waals surface area contributed by atoms with E-state index in [4.69, 9.17) is 18.9 Å². The van der Waals surface area contributed by atoms with E-state index < -0.39 is 23.3 Å². The van der Waals surface area contributed by atoms with Crippen LogP contribution in [0.1, 0.15) is 67.9 Å². The summed E-state index contributed by atoms with van der Waals surface area (Å²) < 4.78 is 26.5. The van der Waals surface area contributed by atoms with E-state index in [-0.39, 0.29) is 18.8 Å². The Bertz CT molecular complexity index is 1260. The molecule has 0 aliphatic rings. The average Bonchev–Trinajstić information content (AvgIpc) is 3.01. The van der Waals surface area contributed by atoms with Gasteiger partial charge in [-0.2, -0.15) is 0 Å². The highest BCUT2D eigenvalue weighted by atomic mass is 16.5. The van der Waals surface area contributed by atoms with E-state index in [2.05, 4.69) is 11.3 Å². The molecule has 0 unspecified atom stereocenters. The average molecular weight is 595 g/mol.